The summed E-state index contributed by atoms with van der Waals surface area (Å²) in [5.41, 5.74) is 1.64. The zero-order valence-electron chi connectivity index (χ0n) is 13.2. The molecular formula is C17H23NO3S. The van der Waals surface area contributed by atoms with Crippen LogP contribution in [0.1, 0.15) is 53.9 Å². The van der Waals surface area contributed by atoms with Crippen LogP contribution in [0, 0.1) is 5.92 Å². The number of carbonyl (C=O) groups excluding carboxylic acids is 2. The van der Waals surface area contributed by atoms with Crippen LogP contribution in [0.5, 0.6) is 0 Å². The van der Waals surface area contributed by atoms with E-state index in [9.17, 15) is 9.59 Å². The van der Waals surface area contributed by atoms with Gasteiger partial charge in [-0.05, 0) is 44.1 Å². The Labute approximate surface area is 135 Å². The van der Waals surface area contributed by atoms with Crippen LogP contribution in [-0.2, 0) is 22.4 Å². The summed E-state index contributed by atoms with van der Waals surface area (Å²) in [4.78, 5) is 25.5. The Kier molecular flexibility index (Phi) is 5.77. The van der Waals surface area contributed by atoms with Gasteiger partial charge in [0.2, 0.25) is 5.91 Å². The van der Waals surface area contributed by atoms with Gasteiger partial charge in [0.25, 0.3) is 0 Å². The molecule has 22 heavy (non-hydrogen) atoms. The molecule has 1 unspecified atom stereocenters. The van der Waals surface area contributed by atoms with Crippen molar-refractivity contribution in [1.82, 2.24) is 0 Å². The van der Waals surface area contributed by atoms with Gasteiger partial charge in [0.05, 0.1) is 12.2 Å². The Morgan fingerprint density at radius 1 is 1.50 bits per heavy atom. The van der Waals surface area contributed by atoms with Crippen LogP contribution in [0.3, 0.4) is 0 Å². The summed E-state index contributed by atoms with van der Waals surface area (Å²) in [7, 11) is 0. The van der Waals surface area contributed by atoms with Crippen LogP contribution >= 0.6 is 11.3 Å². The molecule has 1 amide bonds. The lowest BCUT2D eigenvalue weighted by atomic mass is 9.88. The minimum absolute atomic E-state index is 0.0860. The maximum Gasteiger partial charge on any atom is 0.341 e. The SMILES string of the molecule is C=CCCC(=O)Nc1sc2c(c1C(=O)OCC)CCC(C)C2. The molecule has 1 aromatic rings. The zero-order chi connectivity index (χ0) is 16.1. The minimum Gasteiger partial charge on any atom is -0.462 e. The summed E-state index contributed by atoms with van der Waals surface area (Å²) in [6.45, 7) is 7.97. The summed E-state index contributed by atoms with van der Waals surface area (Å²) >= 11 is 1.52. The number of fused-ring (bicyclic) bond motifs is 1. The molecule has 0 spiro atoms. The predicted octanol–water partition coefficient (Wildman–Crippen LogP) is 3.95. The van der Waals surface area contributed by atoms with Crippen LogP contribution in [0.2, 0.25) is 0 Å². The Hall–Kier alpha value is -1.62. The molecule has 0 saturated carbocycles. The maximum absolute atomic E-state index is 12.3. The molecule has 1 aliphatic rings. The molecule has 0 fully saturated rings. The van der Waals surface area contributed by atoms with Crippen molar-refractivity contribution in [2.75, 3.05) is 11.9 Å². The van der Waals surface area contributed by atoms with Crippen molar-refractivity contribution in [3.05, 3.63) is 28.7 Å². The number of carbonyl (C=O) groups is 2. The molecule has 1 aliphatic carbocycles. The first-order chi connectivity index (χ1) is 10.6. The van der Waals surface area contributed by atoms with Gasteiger partial charge in [0.15, 0.2) is 0 Å². The molecule has 0 radical (unpaired) electrons. The van der Waals surface area contributed by atoms with Crippen molar-refractivity contribution in [3.63, 3.8) is 0 Å². The number of anilines is 1. The molecule has 2 rings (SSSR count). The van der Waals surface area contributed by atoms with Gasteiger partial charge in [-0.25, -0.2) is 4.79 Å². The number of hydrogen-bond donors (Lipinski definition) is 1. The number of rotatable bonds is 6. The second kappa shape index (κ2) is 7.58. The average Bonchev–Trinajstić information content (AvgIpc) is 2.82. The van der Waals surface area contributed by atoms with E-state index in [0.717, 1.165) is 24.8 Å². The van der Waals surface area contributed by atoms with Gasteiger partial charge < -0.3 is 10.1 Å². The third kappa shape index (κ3) is 3.77. The molecule has 0 aromatic carbocycles. The van der Waals surface area contributed by atoms with Gasteiger partial charge in [-0.2, -0.15) is 0 Å². The molecule has 0 aliphatic heterocycles. The summed E-state index contributed by atoms with van der Waals surface area (Å²) in [5, 5.41) is 3.53. The zero-order valence-corrected chi connectivity index (χ0v) is 14.1. The molecule has 0 bridgehead atoms. The lowest BCUT2D eigenvalue weighted by molar-refractivity contribution is -0.116. The second-order valence-corrected chi connectivity index (χ2v) is 6.76. The van der Waals surface area contributed by atoms with Crippen molar-refractivity contribution in [2.24, 2.45) is 5.92 Å². The van der Waals surface area contributed by atoms with Crippen molar-refractivity contribution in [2.45, 2.75) is 46.0 Å². The van der Waals surface area contributed by atoms with Gasteiger partial charge in [0, 0.05) is 11.3 Å². The summed E-state index contributed by atoms with van der Waals surface area (Å²) in [6, 6.07) is 0. The number of amides is 1. The van der Waals surface area contributed by atoms with Gasteiger partial charge in [-0.15, -0.1) is 17.9 Å². The lowest BCUT2D eigenvalue weighted by Crippen LogP contribution is -2.16. The highest BCUT2D eigenvalue weighted by Crippen LogP contribution is 2.40. The van der Waals surface area contributed by atoms with E-state index in [2.05, 4.69) is 18.8 Å². The molecule has 120 valence electrons. The number of hydrogen-bond acceptors (Lipinski definition) is 4. The largest absolute Gasteiger partial charge is 0.462 e. The third-order valence-electron chi connectivity index (χ3n) is 3.82. The molecule has 4 nitrogen and oxygen atoms in total. The first kappa shape index (κ1) is 16.7. The van der Waals surface area contributed by atoms with E-state index in [4.69, 9.17) is 4.74 Å². The normalized spacial score (nSPS) is 16.7. The van der Waals surface area contributed by atoms with Crippen LogP contribution < -0.4 is 5.32 Å². The standard InChI is InChI=1S/C17H23NO3S/c1-4-6-7-14(19)18-16-15(17(20)21-5-2)12-9-8-11(3)10-13(12)22-16/h4,11H,1,5-10H2,2-3H3,(H,18,19). The molecule has 5 heteroatoms. The summed E-state index contributed by atoms with van der Waals surface area (Å²) in [6.07, 6.45) is 5.64. The van der Waals surface area contributed by atoms with Crippen LogP contribution in [0.25, 0.3) is 0 Å². The highest BCUT2D eigenvalue weighted by atomic mass is 32.1. The van der Waals surface area contributed by atoms with E-state index < -0.39 is 0 Å². The monoisotopic (exact) mass is 321 g/mol. The van der Waals surface area contributed by atoms with Gasteiger partial charge in [-0.3, -0.25) is 4.79 Å². The number of ether oxygens (including phenoxy) is 1. The van der Waals surface area contributed by atoms with E-state index in [1.54, 1.807) is 13.0 Å². The third-order valence-corrected chi connectivity index (χ3v) is 4.99. The van der Waals surface area contributed by atoms with Crippen LogP contribution in [-0.4, -0.2) is 18.5 Å². The molecule has 1 aromatic heterocycles. The maximum atomic E-state index is 12.3. The topological polar surface area (TPSA) is 55.4 Å². The predicted molar refractivity (Wildman–Crippen MR) is 89.5 cm³/mol. The number of esters is 1. The highest BCUT2D eigenvalue weighted by Gasteiger charge is 2.28. The summed E-state index contributed by atoms with van der Waals surface area (Å²) < 4.78 is 5.18. The summed E-state index contributed by atoms with van der Waals surface area (Å²) in [5.74, 6) is 0.205. The average molecular weight is 321 g/mol. The first-order valence-electron chi connectivity index (χ1n) is 7.79. The van der Waals surface area contributed by atoms with E-state index in [1.165, 1.54) is 16.2 Å². The van der Waals surface area contributed by atoms with Crippen molar-refractivity contribution in [3.8, 4) is 0 Å². The van der Waals surface area contributed by atoms with E-state index >= 15 is 0 Å². The quantitative estimate of drug-likeness (QED) is 0.637. The Morgan fingerprint density at radius 3 is 2.95 bits per heavy atom. The van der Waals surface area contributed by atoms with Gasteiger partial charge in [-0.1, -0.05) is 13.0 Å². The van der Waals surface area contributed by atoms with E-state index in [-0.39, 0.29) is 11.9 Å². The number of nitrogens with one attached hydrogen (secondary N) is 1. The fraction of sp³-hybridized carbons (Fsp3) is 0.529. The molecule has 1 N–H and O–H groups in total. The smallest absolute Gasteiger partial charge is 0.341 e. The Balaban J connectivity index is 2.29. The molecule has 1 atom stereocenters. The minimum atomic E-state index is -0.325. The van der Waals surface area contributed by atoms with E-state index in [0.29, 0.717) is 35.9 Å². The Morgan fingerprint density at radius 2 is 2.27 bits per heavy atom. The van der Waals surface area contributed by atoms with Crippen LogP contribution in [0.15, 0.2) is 12.7 Å². The number of allylic oxidation sites excluding steroid dienone is 1. The molecular weight excluding hydrogens is 298 g/mol. The van der Waals surface area contributed by atoms with Crippen molar-refractivity contribution < 1.29 is 14.3 Å². The van der Waals surface area contributed by atoms with Gasteiger partial charge >= 0.3 is 5.97 Å². The number of thiophene rings is 1. The highest BCUT2D eigenvalue weighted by molar-refractivity contribution is 7.17. The van der Waals surface area contributed by atoms with Crippen LogP contribution in [0.4, 0.5) is 5.00 Å². The van der Waals surface area contributed by atoms with Gasteiger partial charge in [0.1, 0.15) is 5.00 Å². The van der Waals surface area contributed by atoms with Crippen molar-refractivity contribution >= 4 is 28.2 Å². The van der Waals surface area contributed by atoms with E-state index in [1.807, 2.05) is 0 Å². The molecule has 1 heterocycles. The molecule has 0 saturated heterocycles. The second-order valence-electron chi connectivity index (χ2n) is 5.65. The fourth-order valence-corrected chi connectivity index (χ4v) is 4.10. The lowest BCUT2D eigenvalue weighted by Gasteiger charge is -2.18. The van der Waals surface area contributed by atoms with Crippen molar-refractivity contribution in [1.29, 1.82) is 0 Å². The fourth-order valence-electron chi connectivity index (χ4n) is 2.68. The Bertz CT molecular complexity index is 577. The first-order valence-corrected chi connectivity index (χ1v) is 8.60.